The van der Waals surface area contributed by atoms with Gasteiger partial charge in [-0.2, -0.15) is 0 Å². The molecule has 5 heteroatoms. The number of hydrogen-bond acceptors (Lipinski definition) is 2. The zero-order valence-electron chi connectivity index (χ0n) is 8.09. The van der Waals surface area contributed by atoms with E-state index in [2.05, 4.69) is 37.2 Å². The Morgan fingerprint density at radius 1 is 1.40 bits per heavy atom. The summed E-state index contributed by atoms with van der Waals surface area (Å²) in [6, 6.07) is 5.63. The normalized spacial score (nSPS) is 10.1. The van der Waals surface area contributed by atoms with Crippen molar-refractivity contribution in [3.8, 4) is 0 Å². The lowest BCUT2D eigenvalue weighted by molar-refractivity contribution is -0.116. The molecule has 0 atom stereocenters. The van der Waals surface area contributed by atoms with Crippen LogP contribution in [-0.4, -0.2) is 12.5 Å². The van der Waals surface area contributed by atoms with Crippen molar-refractivity contribution in [3.63, 3.8) is 0 Å². The molecule has 3 nitrogen and oxygen atoms in total. The van der Waals surface area contributed by atoms with Gasteiger partial charge in [0.15, 0.2) is 0 Å². The molecule has 82 valence electrons. The van der Waals surface area contributed by atoms with Gasteiger partial charge >= 0.3 is 0 Å². The Hall–Kier alpha value is -0.390. The van der Waals surface area contributed by atoms with E-state index in [1.165, 1.54) is 0 Å². The number of anilines is 1. The van der Waals surface area contributed by atoms with Gasteiger partial charge in [0.2, 0.25) is 5.91 Å². The molecule has 0 saturated carbocycles. The van der Waals surface area contributed by atoms with E-state index in [0.717, 1.165) is 14.6 Å². The lowest BCUT2D eigenvalue weighted by Gasteiger charge is -2.07. The first-order valence-corrected chi connectivity index (χ1v) is 6.17. The summed E-state index contributed by atoms with van der Waals surface area (Å²) >= 11 is 6.71. The molecule has 0 spiro atoms. The van der Waals surface area contributed by atoms with Gasteiger partial charge in [-0.3, -0.25) is 4.79 Å². The molecular weight excluding hydrogens is 324 g/mol. The van der Waals surface area contributed by atoms with Crippen molar-refractivity contribution < 1.29 is 4.79 Å². The largest absolute Gasteiger partial charge is 0.330 e. The number of carbonyl (C=O) groups is 1. The van der Waals surface area contributed by atoms with E-state index in [1.807, 2.05) is 18.2 Å². The number of nitrogens with two attached hydrogens (primary N) is 1. The second-order valence-corrected chi connectivity index (χ2v) is 4.83. The first kappa shape index (κ1) is 12.7. The Morgan fingerprint density at radius 2 is 2.13 bits per heavy atom. The lowest BCUT2D eigenvalue weighted by atomic mass is 10.2. The highest BCUT2D eigenvalue weighted by Crippen LogP contribution is 2.26. The first-order chi connectivity index (χ1) is 7.13. The Labute approximate surface area is 106 Å². The average Bonchev–Trinajstić information content (AvgIpc) is 2.20. The van der Waals surface area contributed by atoms with Gasteiger partial charge in [-0.05, 0) is 47.1 Å². The molecule has 15 heavy (non-hydrogen) atoms. The van der Waals surface area contributed by atoms with E-state index in [0.29, 0.717) is 19.4 Å². The molecule has 0 aromatic heterocycles. The highest BCUT2D eigenvalue weighted by molar-refractivity contribution is 9.11. The minimum absolute atomic E-state index is 0.0146. The van der Waals surface area contributed by atoms with Gasteiger partial charge in [-0.1, -0.05) is 15.9 Å². The maximum atomic E-state index is 11.4. The molecule has 0 heterocycles. The van der Waals surface area contributed by atoms with Gasteiger partial charge in [0, 0.05) is 15.4 Å². The number of rotatable bonds is 4. The van der Waals surface area contributed by atoms with Crippen molar-refractivity contribution in [1.82, 2.24) is 0 Å². The van der Waals surface area contributed by atoms with Crippen LogP contribution in [0.1, 0.15) is 12.8 Å². The molecular formula is C10H12Br2N2O. The third-order valence-electron chi connectivity index (χ3n) is 1.81. The maximum Gasteiger partial charge on any atom is 0.224 e. The summed E-state index contributed by atoms with van der Waals surface area (Å²) in [5.41, 5.74) is 6.10. The topological polar surface area (TPSA) is 55.1 Å². The minimum atomic E-state index is -0.0146. The zero-order valence-corrected chi connectivity index (χ0v) is 11.3. The molecule has 0 aliphatic heterocycles. The van der Waals surface area contributed by atoms with E-state index in [1.54, 1.807) is 0 Å². The monoisotopic (exact) mass is 334 g/mol. The van der Waals surface area contributed by atoms with Crippen LogP contribution in [0.15, 0.2) is 27.1 Å². The summed E-state index contributed by atoms with van der Waals surface area (Å²) < 4.78 is 1.80. The number of nitrogens with one attached hydrogen (secondary N) is 1. The van der Waals surface area contributed by atoms with Crippen molar-refractivity contribution in [2.24, 2.45) is 5.73 Å². The SMILES string of the molecule is NCCCC(=O)Nc1cc(Br)ccc1Br. The molecule has 1 rings (SSSR count). The van der Waals surface area contributed by atoms with Crippen LogP contribution in [0.4, 0.5) is 5.69 Å². The van der Waals surface area contributed by atoms with E-state index < -0.39 is 0 Å². The lowest BCUT2D eigenvalue weighted by Crippen LogP contribution is -2.13. The van der Waals surface area contributed by atoms with Gasteiger partial charge < -0.3 is 11.1 Å². The third kappa shape index (κ3) is 4.32. The standard InChI is InChI=1S/C10H12Br2N2O/c11-7-3-4-8(12)9(6-7)14-10(15)2-1-5-13/h3-4,6H,1-2,5,13H2,(H,14,15). The zero-order chi connectivity index (χ0) is 11.3. The summed E-state index contributed by atoms with van der Waals surface area (Å²) in [4.78, 5) is 11.4. The Balaban J connectivity index is 2.63. The second-order valence-electron chi connectivity index (χ2n) is 3.06. The first-order valence-electron chi connectivity index (χ1n) is 4.58. The highest BCUT2D eigenvalue weighted by atomic mass is 79.9. The molecule has 0 radical (unpaired) electrons. The Morgan fingerprint density at radius 3 is 2.80 bits per heavy atom. The number of amides is 1. The van der Waals surface area contributed by atoms with E-state index in [4.69, 9.17) is 5.73 Å². The highest BCUT2D eigenvalue weighted by Gasteiger charge is 2.05. The fraction of sp³-hybridized carbons (Fsp3) is 0.300. The number of carbonyl (C=O) groups excluding carboxylic acids is 1. The maximum absolute atomic E-state index is 11.4. The molecule has 0 aliphatic carbocycles. The number of benzene rings is 1. The van der Waals surface area contributed by atoms with Gasteiger partial charge in [0.25, 0.3) is 0 Å². The van der Waals surface area contributed by atoms with Gasteiger partial charge in [0.05, 0.1) is 5.69 Å². The van der Waals surface area contributed by atoms with Crippen LogP contribution in [0.5, 0.6) is 0 Å². The summed E-state index contributed by atoms with van der Waals surface area (Å²) in [5, 5.41) is 2.81. The third-order valence-corrected chi connectivity index (χ3v) is 3.00. The predicted octanol–water partition coefficient (Wildman–Crippen LogP) is 2.89. The summed E-state index contributed by atoms with van der Waals surface area (Å²) in [6.07, 6.45) is 1.16. The van der Waals surface area contributed by atoms with Crippen LogP contribution in [-0.2, 0) is 4.79 Å². The fourth-order valence-electron chi connectivity index (χ4n) is 1.07. The van der Waals surface area contributed by atoms with Crippen LogP contribution in [0.3, 0.4) is 0 Å². The van der Waals surface area contributed by atoms with Crippen LogP contribution < -0.4 is 11.1 Å². The van der Waals surface area contributed by atoms with Crippen molar-refractivity contribution in [1.29, 1.82) is 0 Å². The quantitative estimate of drug-likeness (QED) is 0.888. The molecule has 1 amide bonds. The predicted molar refractivity (Wildman–Crippen MR) is 68.8 cm³/mol. The fourth-order valence-corrected chi connectivity index (χ4v) is 1.78. The van der Waals surface area contributed by atoms with E-state index in [9.17, 15) is 4.79 Å². The van der Waals surface area contributed by atoms with Crippen molar-refractivity contribution in [3.05, 3.63) is 27.1 Å². The molecule has 0 bridgehead atoms. The average molecular weight is 336 g/mol. The van der Waals surface area contributed by atoms with Crippen molar-refractivity contribution in [2.45, 2.75) is 12.8 Å². The Kier molecular flexibility index (Phi) is 5.28. The summed E-state index contributed by atoms with van der Waals surface area (Å²) in [7, 11) is 0. The van der Waals surface area contributed by atoms with Crippen LogP contribution in [0.2, 0.25) is 0 Å². The minimum Gasteiger partial charge on any atom is -0.330 e. The van der Waals surface area contributed by atoms with Gasteiger partial charge in [-0.25, -0.2) is 0 Å². The molecule has 0 fully saturated rings. The van der Waals surface area contributed by atoms with E-state index >= 15 is 0 Å². The smallest absolute Gasteiger partial charge is 0.224 e. The molecule has 0 unspecified atom stereocenters. The summed E-state index contributed by atoms with van der Waals surface area (Å²) in [5.74, 6) is -0.0146. The second kappa shape index (κ2) is 6.25. The van der Waals surface area contributed by atoms with Crippen LogP contribution in [0.25, 0.3) is 0 Å². The molecule has 0 saturated heterocycles. The van der Waals surface area contributed by atoms with Crippen molar-refractivity contribution >= 4 is 43.5 Å². The van der Waals surface area contributed by atoms with Gasteiger partial charge in [0.1, 0.15) is 0 Å². The van der Waals surface area contributed by atoms with Crippen LogP contribution >= 0.6 is 31.9 Å². The molecule has 1 aromatic rings. The summed E-state index contributed by atoms with van der Waals surface area (Å²) in [6.45, 7) is 0.535. The van der Waals surface area contributed by atoms with Crippen LogP contribution in [0, 0.1) is 0 Å². The number of halogens is 2. The molecule has 3 N–H and O–H groups in total. The Bertz CT molecular complexity index is 355. The van der Waals surface area contributed by atoms with Gasteiger partial charge in [-0.15, -0.1) is 0 Å². The van der Waals surface area contributed by atoms with Crippen molar-refractivity contribution in [2.75, 3.05) is 11.9 Å². The molecule has 1 aromatic carbocycles. The van der Waals surface area contributed by atoms with E-state index in [-0.39, 0.29) is 5.91 Å². The molecule has 0 aliphatic rings. The number of hydrogen-bond donors (Lipinski definition) is 2.